The molecule has 1 aromatic heterocycles. The van der Waals surface area contributed by atoms with E-state index in [1.165, 1.54) is 0 Å². The third-order valence-corrected chi connectivity index (χ3v) is 4.22. The Balaban J connectivity index is 2.04. The van der Waals surface area contributed by atoms with Crippen molar-refractivity contribution in [3.05, 3.63) is 45.7 Å². The van der Waals surface area contributed by atoms with Gasteiger partial charge >= 0.3 is 0 Å². The molecular formula is C16H19N3O2. The molecule has 5 heteroatoms. The number of aromatic nitrogens is 1. The molecule has 1 aliphatic heterocycles. The molecule has 0 spiro atoms. The lowest BCUT2D eigenvalue weighted by molar-refractivity contribution is 0.0712. The standard InChI is InChI=1S/C16H19N3O2/c1-10-12-4-2-3-5-13(12)18-15(20)14(10)16(21)19-8-6-11(17)7-9-19/h2-5,11H,6-9,17H2,1H3,(H,18,20). The fourth-order valence-corrected chi connectivity index (χ4v) is 2.93. The van der Waals surface area contributed by atoms with Gasteiger partial charge in [0.25, 0.3) is 11.5 Å². The number of H-pyrrole nitrogens is 1. The Morgan fingerprint density at radius 1 is 1.29 bits per heavy atom. The molecule has 0 unspecified atom stereocenters. The molecule has 0 atom stereocenters. The molecule has 1 saturated heterocycles. The number of aromatic amines is 1. The monoisotopic (exact) mass is 285 g/mol. The van der Waals surface area contributed by atoms with Crippen molar-refractivity contribution < 1.29 is 4.79 Å². The lowest BCUT2D eigenvalue weighted by atomic mass is 10.0. The minimum absolute atomic E-state index is 0.157. The minimum Gasteiger partial charge on any atom is -0.338 e. The number of pyridine rings is 1. The summed E-state index contributed by atoms with van der Waals surface area (Å²) in [5.74, 6) is -0.189. The minimum atomic E-state index is -0.314. The highest BCUT2D eigenvalue weighted by Crippen LogP contribution is 2.19. The van der Waals surface area contributed by atoms with E-state index in [9.17, 15) is 9.59 Å². The number of amides is 1. The third kappa shape index (κ3) is 2.45. The first-order valence-electron chi connectivity index (χ1n) is 7.24. The van der Waals surface area contributed by atoms with Gasteiger partial charge in [-0.1, -0.05) is 18.2 Å². The summed E-state index contributed by atoms with van der Waals surface area (Å²) in [4.78, 5) is 29.5. The average molecular weight is 285 g/mol. The van der Waals surface area contributed by atoms with Gasteiger partial charge in [-0.3, -0.25) is 9.59 Å². The number of rotatable bonds is 1. The normalized spacial score (nSPS) is 16.4. The van der Waals surface area contributed by atoms with E-state index in [0.717, 1.165) is 29.3 Å². The van der Waals surface area contributed by atoms with Gasteiger partial charge in [-0.25, -0.2) is 0 Å². The number of carbonyl (C=O) groups is 1. The van der Waals surface area contributed by atoms with Crippen LogP contribution in [0.1, 0.15) is 28.8 Å². The second kappa shape index (κ2) is 5.33. The average Bonchev–Trinajstić information content (AvgIpc) is 2.48. The van der Waals surface area contributed by atoms with E-state index in [0.29, 0.717) is 13.1 Å². The molecule has 0 radical (unpaired) electrons. The maximum Gasteiger partial charge on any atom is 0.261 e. The van der Waals surface area contributed by atoms with Crippen LogP contribution in [-0.2, 0) is 0 Å². The predicted octanol–water partition coefficient (Wildman–Crippen LogP) is 1.40. The second-order valence-electron chi connectivity index (χ2n) is 5.63. The number of benzene rings is 1. The van der Waals surface area contributed by atoms with Crippen molar-refractivity contribution in [3.8, 4) is 0 Å². The van der Waals surface area contributed by atoms with Crippen molar-refractivity contribution in [2.75, 3.05) is 13.1 Å². The summed E-state index contributed by atoms with van der Waals surface area (Å²) in [5.41, 5.74) is 7.31. The molecular weight excluding hydrogens is 266 g/mol. The molecule has 3 N–H and O–H groups in total. The SMILES string of the molecule is Cc1c(C(=O)N2CCC(N)CC2)c(=O)[nH]c2ccccc12. The van der Waals surface area contributed by atoms with E-state index in [1.54, 1.807) is 4.90 Å². The van der Waals surface area contributed by atoms with Gasteiger partial charge in [0.15, 0.2) is 0 Å². The summed E-state index contributed by atoms with van der Waals surface area (Å²) in [6, 6.07) is 7.69. The molecule has 1 fully saturated rings. The van der Waals surface area contributed by atoms with Gasteiger partial charge in [0, 0.05) is 30.0 Å². The van der Waals surface area contributed by atoms with Crippen molar-refractivity contribution in [2.24, 2.45) is 5.73 Å². The summed E-state index contributed by atoms with van der Waals surface area (Å²) < 4.78 is 0. The Hall–Kier alpha value is -2.14. The van der Waals surface area contributed by atoms with E-state index >= 15 is 0 Å². The van der Waals surface area contributed by atoms with Gasteiger partial charge in [-0.15, -0.1) is 0 Å². The number of likely N-dealkylation sites (tertiary alicyclic amines) is 1. The van der Waals surface area contributed by atoms with Gasteiger partial charge in [0.05, 0.1) is 0 Å². The summed E-state index contributed by atoms with van der Waals surface area (Å²) in [6.07, 6.45) is 1.58. The van der Waals surface area contributed by atoms with Crippen molar-refractivity contribution in [2.45, 2.75) is 25.8 Å². The number of carbonyl (C=O) groups excluding carboxylic acids is 1. The number of nitrogens with two attached hydrogens (primary N) is 1. The predicted molar refractivity (Wildman–Crippen MR) is 82.4 cm³/mol. The van der Waals surface area contributed by atoms with Gasteiger partial charge in [0.2, 0.25) is 0 Å². The van der Waals surface area contributed by atoms with Crippen LogP contribution < -0.4 is 11.3 Å². The molecule has 0 saturated carbocycles. The fraction of sp³-hybridized carbons (Fsp3) is 0.375. The van der Waals surface area contributed by atoms with Crippen LogP contribution in [-0.4, -0.2) is 34.9 Å². The Labute approximate surface area is 122 Å². The second-order valence-corrected chi connectivity index (χ2v) is 5.63. The van der Waals surface area contributed by atoms with Crippen molar-refractivity contribution >= 4 is 16.8 Å². The van der Waals surface area contributed by atoms with Crippen LogP contribution in [0.4, 0.5) is 0 Å². The van der Waals surface area contributed by atoms with Gasteiger partial charge in [-0.05, 0) is 31.4 Å². The molecule has 0 aliphatic carbocycles. The highest BCUT2D eigenvalue weighted by molar-refractivity contribution is 5.99. The number of nitrogens with zero attached hydrogens (tertiary/aromatic N) is 1. The molecule has 21 heavy (non-hydrogen) atoms. The first kappa shape index (κ1) is 13.8. The number of fused-ring (bicyclic) bond motifs is 1. The number of hydrogen-bond donors (Lipinski definition) is 2. The smallest absolute Gasteiger partial charge is 0.261 e. The van der Waals surface area contributed by atoms with Crippen LogP contribution in [0.3, 0.4) is 0 Å². The Morgan fingerprint density at radius 3 is 2.67 bits per heavy atom. The topological polar surface area (TPSA) is 79.2 Å². The maximum absolute atomic E-state index is 12.7. The van der Waals surface area contributed by atoms with Crippen LogP contribution in [0.2, 0.25) is 0 Å². The van der Waals surface area contributed by atoms with Crippen molar-refractivity contribution in [1.82, 2.24) is 9.88 Å². The zero-order chi connectivity index (χ0) is 15.0. The van der Waals surface area contributed by atoms with Crippen LogP contribution in [0, 0.1) is 6.92 Å². The fourth-order valence-electron chi connectivity index (χ4n) is 2.93. The van der Waals surface area contributed by atoms with Crippen LogP contribution in [0.5, 0.6) is 0 Å². The number of nitrogens with one attached hydrogen (secondary N) is 1. The van der Waals surface area contributed by atoms with Crippen molar-refractivity contribution in [3.63, 3.8) is 0 Å². The molecule has 110 valence electrons. The van der Waals surface area contributed by atoms with E-state index in [4.69, 9.17) is 5.73 Å². The summed E-state index contributed by atoms with van der Waals surface area (Å²) in [7, 11) is 0. The Kier molecular flexibility index (Phi) is 3.51. The first-order valence-corrected chi connectivity index (χ1v) is 7.24. The molecule has 1 amide bonds. The van der Waals surface area contributed by atoms with E-state index < -0.39 is 0 Å². The van der Waals surface area contributed by atoms with Crippen LogP contribution in [0.15, 0.2) is 29.1 Å². The van der Waals surface area contributed by atoms with Gasteiger partial charge in [0.1, 0.15) is 5.56 Å². The molecule has 0 bridgehead atoms. The molecule has 2 heterocycles. The largest absolute Gasteiger partial charge is 0.338 e. The lowest BCUT2D eigenvalue weighted by Crippen LogP contribution is -2.44. The maximum atomic E-state index is 12.7. The molecule has 1 aromatic carbocycles. The first-order chi connectivity index (χ1) is 10.1. The number of para-hydroxylation sites is 1. The summed E-state index contributed by atoms with van der Waals surface area (Å²) in [6.45, 7) is 3.07. The van der Waals surface area contributed by atoms with Crippen molar-refractivity contribution in [1.29, 1.82) is 0 Å². The number of hydrogen-bond acceptors (Lipinski definition) is 3. The Morgan fingerprint density at radius 2 is 1.95 bits per heavy atom. The van der Waals surface area contributed by atoms with E-state index in [2.05, 4.69) is 4.98 Å². The third-order valence-electron chi connectivity index (χ3n) is 4.22. The number of piperidine rings is 1. The van der Waals surface area contributed by atoms with E-state index in [1.807, 2.05) is 31.2 Å². The molecule has 1 aliphatic rings. The summed E-state index contributed by atoms with van der Waals surface area (Å²) in [5, 5.41) is 0.911. The van der Waals surface area contributed by atoms with Gasteiger partial charge in [-0.2, -0.15) is 0 Å². The molecule has 2 aromatic rings. The number of aryl methyl sites for hydroxylation is 1. The van der Waals surface area contributed by atoms with Crippen LogP contribution in [0.25, 0.3) is 10.9 Å². The highest BCUT2D eigenvalue weighted by Gasteiger charge is 2.25. The van der Waals surface area contributed by atoms with E-state index in [-0.39, 0.29) is 23.1 Å². The van der Waals surface area contributed by atoms with Gasteiger partial charge < -0.3 is 15.6 Å². The molecule has 5 nitrogen and oxygen atoms in total. The lowest BCUT2D eigenvalue weighted by Gasteiger charge is -2.30. The zero-order valence-corrected chi connectivity index (χ0v) is 12.1. The quantitative estimate of drug-likeness (QED) is 0.831. The Bertz CT molecular complexity index is 743. The summed E-state index contributed by atoms with van der Waals surface area (Å²) >= 11 is 0. The zero-order valence-electron chi connectivity index (χ0n) is 12.1. The van der Waals surface area contributed by atoms with Crippen LogP contribution >= 0.6 is 0 Å². The highest BCUT2D eigenvalue weighted by atomic mass is 16.2. The molecule has 3 rings (SSSR count).